The number of halogens is 1. The lowest BCUT2D eigenvalue weighted by molar-refractivity contribution is 0.162. The van der Waals surface area contributed by atoms with E-state index in [2.05, 4.69) is 30.6 Å². The van der Waals surface area contributed by atoms with Crippen LogP contribution in [0.25, 0.3) is 11.5 Å². The number of rotatable bonds is 5. The van der Waals surface area contributed by atoms with Crippen LogP contribution in [0.15, 0.2) is 18.2 Å². The maximum absolute atomic E-state index is 6.05. The summed E-state index contributed by atoms with van der Waals surface area (Å²) in [5, 5.41) is 7.34. The van der Waals surface area contributed by atoms with Crippen LogP contribution < -0.4 is 10.6 Å². The third-order valence-corrected chi connectivity index (χ3v) is 6.29. The van der Waals surface area contributed by atoms with Crippen molar-refractivity contribution >= 4 is 23.5 Å². The Kier molecular flexibility index (Phi) is 3.54. The van der Waals surface area contributed by atoms with Crippen molar-refractivity contribution in [3.05, 3.63) is 23.4 Å². The highest BCUT2D eigenvalue weighted by molar-refractivity contribution is 6.29. The topological polar surface area (TPSA) is 94.1 Å². The van der Waals surface area contributed by atoms with Gasteiger partial charge in [-0.3, -0.25) is 0 Å². The summed E-state index contributed by atoms with van der Waals surface area (Å²) in [5.41, 5.74) is 0.634. The number of aromatic nitrogens is 4. The standard InChI is InChI=1S/C18H19ClN6O2/c19-13-3-1-2-12(20-13)16-23-17(21-14-8-4-26-5-9(8)14)25-18(24-16)22-15-10-6-27-7-11(10)15/h1-3,8-11,14-15H,4-7H2,(H2,21,22,23,24,25)/t8-,9+,10-,11?,14?,15?/m0/s1. The minimum absolute atomic E-state index is 0.378. The first-order valence-corrected chi connectivity index (χ1v) is 9.71. The summed E-state index contributed by atoms with van der Waals surface area (Å²) in [7, 11) is 0. The Bertz CT molecular complexity index is 832. The number of hydrogen-bond acceptors (Lipinski definition) is 8. The Labute approximate surface area is 161 Å². The van der Waals surface area contributed by atoms with E-state index < -0.39 is 0 Å². The van der Waals surface area contributed by atoms with Gasteiger partial charge in [-0.1, -0.05) is 17.7 Å². The number of anilines is 2. The number of nitrogens with one attached hydrogen (secondary N) is 2. The minimum Gasteiger partial charge on any atom is -0.381 e. The van der Waals surface area contributed by atoms with E-state index in [0.717, 1.165) is 26.4 Å². The second-order valence-electron chi connectivity index (χ2n) is 7.72. The molecule has 3 unspecified atom stereocenters. The number of ether oxygens (including phenoxy) is 2. The minimum atomic E-state index is 0.378. The second kappa shape index (κ2) is 5.98. The van der Waals surface area contributed by atoms with Gasteiger partial charge >= 0.3 is 0 Å². The zero-order valence-electron chi connectivity index (χ0n) is 14.5. The summed E-state index contributed by atoms with van der Waals surface area (Å²) < 4.78 is 10.9. The van der Waals surface area contributed by atoms with Crippen LogP contribution in [0.2, 0.25) is 5.15 Å². The molecule has 9 heteroatoms. The van der Waals surface area contributed by atoms with Crippen LogP contribution in [0.1, 0.15) is 0 Å². The summed E-state index contributed by atoms with van der Waals surface area (Å²) in [5.74, 6) is 3.91. The average Bonchev–Trinajstić information content (AvgIpc) is 3.30. The Balaban J connectivity index is 1.29. The van der Waals surface area contributed by atoms with E-state index in [1.54, 1.807) is 6.07 Å². The van der Waals surface area contributed by atoms with E-state index >= 15 is 0 Å². The van der Waals surface area contributed by atoms with E-state index in [9.17, 15) is 0 Å². The molecule has 2 saturated heterocycles. The molecule has 0 amide bonds. The molecule has 0 aromatic carbocycles. The van der Waals surface area contributed by atoms with Crippen LogP contribution in [0.4, 0.5) is 11.9 Å². The lowest BCUT2D eigenvalue weighted by Gasteiger charge is -2.12. The Morgan fingerprint density at radius 2 is 1.33 bits per heavy atom. The quantitative estimate of drug-likeness (QED) is 0.750. The summed E-state index contributed by atoms with van der Waals surface area (Å²) in [6, 6.07) is 6.20. The predicted molar refractivity (Wildman–Crippen MR) is 98.5 cm³/mol. The summed E-state index contributed by atoms with van der Waals surface area (Å²) in [6.45, 7) is 3.25. The highest BCUT2D eigenvalue weighted by atomic mass is 35.5. The van der Waals surface area contributed by atoms with E-state index in [1.807, 2.05) is 12.1 Å². The molecule has 0 spiro atoms. The molecule has 4 heterocycles. The van der Waals surface area contributed by atoms with Crippen LogP contribution in [0, 0.1) is 23.7 Å². The van der Waals surface area contributed by atoms with Gasteiger partial charge in [0.25, 0.3) is 0 Å². The van der Waals surface area contributed by atoms with Gasteiger partial charge in [0.15, 0.2) is 5.82 Å². The van der Waals surface area contributed by atoms with Crippen molar-refractivity contribution in [3.63, 3.8) is 0 Å². The highest BCUT2D eigenvalue weighted by Gasteiger charge is 2.55. The lowest BCUT2D eigenvalue weighted by atomic mass is 10.3. The van der Waals surface area contributed by atoms with E-state index in [-0.39, 0.29) is 0 Å². The molecule has 6 atom stereocenters. The van der Waals surface area contributed by atoms with Gasteiger partial charge in [-0.05, 0) is 12.1 Å². The van der Waals surface area contributed by atoms with E-state index in [0.29, 0.717) is 64.3 Å². The monoisotopic (exact) mass is 386 g/mol. The van der Waals surface area contributed by atoms with Crippen LogP contribution in [-0.2, 0) is 9.47 Å². The van der Waals surface area contributed by atoms with Gasteiger partial charge in [-0.25, -0.2) is 4.98 Å². The number of fused-ring (bicyclic) bond motifs is 2. The van der Waals surface area contributed by atoms with Gasteiger partial charge in [-0.15, -0.1) is 0 Å². The first kappa shape index (κ1) is 16.0. The average molecular weight is 387 g/mol. The number of hydrogen-bond donors (Lipinski definition) is 2. The van der Waals surface area contributed by atoms with Crippen LogP contribution in [0.5, 0.6) is 0 Å². The van der Waals surface area contributed by atoms with Crippen molar-refractivity contribution in [3.8, 4) is 11.5 Å². The lowest BCUT2D eigenvalue weighted by Crippen LogP contribution is -2.18. The van der Waals surface area contributed by atoms with Gasteiger partial charge in [0.1, 0.15) is 10.8 Å². The molecule has 27 heavy (non-hydrogen) atoms. The molecule has 2 aromatic rings. The van der Waals surface area contributed by atoms with Gasteiger partial charge < -0.3 is 20.1 Å². The fourth-order valence-corrected chi connectivity index (χ4v) is 4.52. The van der Waals surface area contributed by atoms with Crippen molar-refractivity contribution in [2.45, 2.75) is 12.1 Å². The SMILES string of the molecule is Clc1cccc(-c2nc(NC3C4COC[C@@H]43)nc(NC3[C@H]4COC[C@@H]34)n2)n1. The van der Waals surface area contributed by atoms with E-state index in [1.165, 1.54) is 0 Å². The molecule has 2 aliphatic heterocycles. The fraction of sp³-hybridized carbons (Fsp3) is 0.556. The molecule has 6 rings (SSSR count). The maximum atomic E-state index is 6.05. The molecule has 8 nitrogen and oxygen atoms in total. The molecule has 140 valence electrons. The fourth-order valence-electron chi connectivity index (χ4n) is 4.36. The van der Waals surface area contributed by atoms with Crippen LogP contribution >= 0.6 is 11.6 Å². The molecular formula is C18H19ClN6O2. The summed E-state index contributed by atoms with van der Waals surface area (Å²) in [4.78, 5) is 18.1. The Morgan fingerprint density at radius 3 is 1.85 bits per heavy atom. The first-order chi connectivity index (χ1) is 13.3. The summed E-state index contributed by atoms with van der Waals surface area (Å²) in [6.07, 6.45) is 0. The smallest absolute Gasteiger partial charge is 0.228 e. The molecule has 4 aliphatic rings. The van der Waals surface area contributed by atoms with Crippen LogP contribution in [-0.4, -0.2) is 58.4 Å². The molecule has 4 fully saturated rings. The number of nitrogens with zero attached hydrogens (tertiary/aromatic N) is 4. The molecule has 2 aromatic heterocycles. The Morgan fingerprint density at radius 1 is 0.778 bits per heavy atom. The maximum Gasteiger partial charge on any atom is 0.228 e. The van der Waals surface area contributed by atoms with E-state index in [4.69, 9.17) is 21.1 Å². The zero-order valence-corrected chi connectivity index (χ0v) is 15.3. The normalized spacial score (nSPS) is 35.4. The molecule has 0 bridgehead atoms. The summed E-state index contributed by atoms with van der Waals surface area (Å²) >= 11 is 6.05. The van der Waals surface area contributed by atoms with Crippen molar-refractivity contribution in [2.24, 2.45) is 23.7 Å². The second-order valence-corrected chi connectivity index (χ2v) is 8.11. The zero-order chi connectivity index (χ0) is 18.0. The van der Waals surface area contributed by atoms with Crippen molar-refractivity contribution in [1.29, 1.82) is 0 Å². The third-order valence-electron chi connectivity index (χ3n) is 6.08. The third kappa shape index (κ3) is 2.83. The Hall–Kier alpha value is -2.03. The van der Waals surface area contributed by atoms with Gasteiger partial charge in [0, 0.05) is 35.8 Å². The van der Waals surface area contributed by atoms with Gasteiger partial charge in [0.05, 0.1) is 26.4 Å². The highest BCUT2D eigenvalue weighted by Crippen LogP contribution is 2.47. The molecule has 2 aliphatic carbocycles. The predicted octanol–water partition coefficient (Wildman–Crippen LogP) is 1.70. The number of pyridine rings is 1. The molecule has 0 radical (unpaired) electrons. The first-order valence-electron chi connectivity index (χ1n) is 9.34. The molecular weight excluding hydrogens is 368 g/mol. The molecule has 2 saturated carbocycles. The van der Waals surface area contributed by atoms with Crippen LogP contribution in [0.3, 0.4) is 0 Å². The van der Waals surface area contributed by atoms with Gasteiger partial charge in [-0.2, -0.15) is 15.0 Å². The van der Waals surface area contributed by atoms with Crippen molar-refractivity contribution in [1.82, 2.24) is 19.9 Å². The van der Waals surface area contributed by atoms with Crippen molar-refractivity contribution < 1.29 is 9.47 Å². The molecule has 2 N–H and O–H groups in total. The van der Waals surface area contributed by atoms with Gasteiger partial charge in [0.2, 0.25) is 11.9 Å². The van der Waals surface area contributed by atoms with Crippen molar-refractivity contribution in [2.75, 3.05) is 37.1 Å². The largest absolute Gasteiger partial charge is 0.381 e.